The molecule has 0 amide bonds. The van der Waals surface area contributed by atoms with E-state index in [-0.39, 0.29) is 16.3 Å². The van der Waals surface area contributed by atoms with Crippen molar-refractivity contribution >= 4 is 23.5 Å². The van der Waals surface area contributed by atoms with Crippen molar-refractivity contribution in [2.24, 2.45) is 0 Å². The smallest absolute Gasteiger partial charge is 0.341 e. The lowest BCUT2D eigenvalue weighted by Gasteiger charge is -2.06. The maximum absolute atomic E-state index is 11.1. The van der Waals surface area contributed by atoms with Crippen LogP contribution in [0, 0.1) is 0 Å². The van der Waals surface area contributed by atoms with Crippen LogP contribution < -0.4 is 4.74 Å². The minimum atomic E-state index is -1.10. The van der Waals surface area contributed by atoms with E-state index in [2.05, 4.69) is 4.74 Å². The lowest BCUT2D eigenvalue weighted by atomic mass is 10.2. The van der Waals surface area contributed by atoms with Crippen LogP contribution in [0.15, 0.2) is 18.2 Å². The Hall–Kier alpha value is -1.75. The molecule has 6 heteroatoms. The maximum Gasteiger partial charge on any atom is 0.341 e. The molecule has 1 aromatic carbocycles. The van der Waals surface area contributed by atoms with Gasteiger partial charge in [0.15, 0.2) is 6.61 Å². The van der Waals surface area contributed by atoms with Crippen LogP contribution in [0.3, 0.4) is 0 Å². The molecule has 0 saturated heterocycles. The van der Waals surface area contributed by atoms with E-state index in [0.29, 0.717) is 0 Å². The van der Waals surface area contributed by atoms with Gasteiger partial charge in [-0.2, -0.15) is 0 Å². The third-order valence-electron chi connectivity index (χ3n) is 1.70. The summed E-state index contributed by atoms with van der Waals surface area (Å²) in [4.78, 5) is 21.4. The average molecular weight is 245 g/mol. The molecule has 0 radical (unpaired) electrons. The number of methoxy groups -OCH3 is 1. The zero-order valence-electron chi connectivity index (χ0n) is 8.40. The largest absolute Gasteiger partial charge is 0.480 e. The summed E-state index contributed by atoms with van der Waals surface area (Å²) >= 11 is 5.79. The van der Waals surface area contributed by atoms with E-state index < -0.39 is 18.5 Å². The summed E-state index contributed by atoms with van der Waals surface area (Å²) in [5.41, 5.74) is 0.273. The van der Waals surface area contributed by atoms with Crippen LogP contribution in [-0.2, 0) is 9.53 Å². The molecular weight excluding hydrogens is 236 g/mol. The summed E-state index contributed by atoms with van der Waals surface area (Å²) in [5.74, 6) is -1.42. The lowest BCUT2D eigenvalue weighted by molar-refractivity contribution is -0.139. The summed E-state index contributed by atoms with van der Waals surface area (Å²) in [5, 5.41) is 8.56. The summed E-state index contributed by atoms with van der Waals surface area (Å²) in [6, 6.07) is 4.21. The Bertz CT molecular complexity index is 416. The van der Waals surface area contributed by atoms with E-state index in [4.69, 9.17) is 21.4 Å². The number of hydrogen-bond donors (Lipinski definition) is 1. The number of benzene rings is 1. The molecule has 0 spiro atoms. The Kier molecular flexibility index (Phi) is 4.13. The molecule has 0 heterocycles. The first-order valence-electron chi connectivity index (χ1n) is 4.27. The van der Waals surface area contributed by atoms with Gasteiger partial charge in [0.1, 0.15) is 5.75 Å². The predicted molar refractivity (Wildman–Crippen MR) is 55.9 cm³/mol. The van der Waals surface area contributed by atoms with E-state index >= 15 is 0 Å². The molecule has 0 aliphatic carbocycles. The third kappa shape index (κ3) is 3.13. The Labute approximate surface area is 96.5 Å². The number of carbonyl (C=O) groups is 2. The molecule has 0 aliphatic rings. The van der Waals surface area contributed by atoms with Crippen molar-refractivity contribution in [3.05, 3.63) is 28.8 Å². The number of carboxylic acid groups (broad SMARTS) is 1. The second-order valence-electron chi connectivity index (χ2n) is 2.82. The van der Waals surface area contributed by atoms with Gasteiger partial charge < -0.3 is 14.6 Å². The molecule has 1 aromatic rings. The van der Waals surface area contributed by atoms with Crippen molar-refractivity contribution in [1.29, 1.82) is 0 Å². The van der Waals surface area contributed by atoms with E-state index in [1.165, 1.54) is 25.3 Å². The van der Waals surface area contributed by atoms with E-state index in [0.717, 1.165) is 0 Å². The third-order valence-corrected chi connectivity index (χ3v) is 2.00. The molecule has 0 aliphatic heterocycles. The van der Waals surface area contributed by atoms with Crippen molar-refractivity contribution < 1.29 is 24.2 Å². The average Bonchev–Trinajstić information content (AvgIpc) is 2.26. The number of ether oxygens (including phenoxy) is 2. The standard InChI is InChI=1S/C10H9ClO5/c1-15-10(14)6-2-3-8(7(11)4-6)16-5-9(12)13/h2-4H,5H2,1H3,(H,12,13). The molecule has 0 atom stereocenters. The van der Waals surface area contributed by atoms with Crippen LogP contribution in [0.25, 0.3) is 0 Å². The predicted octanol–water partition coefficient (Wildman–Crippen LogP) is 1.59. The summed E-state index contributed by atoms with van der Waals surface area (Å²) in [6.45, 7) is -0.489. The number of aliphatic carboxylic acids is 1. The number of esters is 1. The van der Waals surface area contributed by atoms with Crippen LogP contribution in [0.2, 0.25) is 5.02 Å². The summed E-state index contributed by atoms with van der Waals surface area (Å²) in [7, 11) is 1.26. The van der Waals surface area contributed by atoms with Gasteiger partial charge in [0.05, 0.1) is 17.7 Å². The molecular formula is C10H9ClO5. The van der Waals surface area contributed by atoms with Crippen LogP contribution in [0.4, 0.5) is 0 Å². The normalized spacial score (nSPS) is 9.62. The minimum Gasteiger partial charge on any atom is -0.480 e. The van der Waals surface area contributed by atoms with Gasteiger partial charge in [-0.15, -0.1) is 0 Å². The first-order chi connectivity index (χ1) is 7.54. The number of carbonyl (C=O) groups excluding carboxylic acids is 1. The second kappa shape index (κ2) is 5.37. The van der Waals surface area contributed by atoms with Crippen molar-refractivity contribution in [3.63, 3.8) is 0 Å². The Morgan fingerprint density at radius 2 is 2.12 bits per heavy atom. The first kappa shape index (κ1) is 12.3. The van der Waals surface area contributed by atoms with Gasteiger partial charge in [-0.25, -0.2) is 9.59 Å². The van der Waals surface area contributed by atoms with Crippen molar-refractivity contribution in [3.8, 4) is 5.75 Å². The molecule has 5 nitrogen and oxygen atoms in total. The highest BCUT2D eigenvalue weighted by Crippen LogP contribution is 2.25. The van der Waals surface area contributed by atoms with Crippen LogP contribution in [0.5, 0.6) is 5.75 Å². The number of halogens is 1. The monoisotopic (exact) mass is 244 g/mol. The van der Waals surface area contributed by atoms with Gasteiger partial charge in [-0.05, 0) is 18.2 Å². The van der Waals surface area contributed by atoms with Crippen molar-refractivity contribution in [2.45, 2.75) is 0 Å². The highest BCUT2D eigenvalue weighted by atomic mass is 35.5. The summed E-state index contributed by atoms with van der Waals surface area (Å²) in [6.07, 6.45) is 0. The zero-order valence-corrected chi connectivity index (χ0v) is 9.15. The first-order valence-corrected chi connectivity index (χ1v) is 4.65. The molecule has 0 unspecified atom stereocenters. The van der Waals surface area contributed by atoms with Crippen LogP contribution >= 0.6 is 11.6 Å². The molecule has 1 rings (SSSR count). The molecule has 0 fully saturated rings. The molecule has 1 N–H and O–H groups in total. The fourth-order valence-electron chi connectivity index (χ4n) is 1.00. The topological polar surface area (TPSA) is 72.8 Å². The van der Waals surface area contributed by atoms with Gasteiger partial charge in [0, 0.05) is 0 Å². The fourth-order valence-corrected chi connectivity index (χ4v) is 1.24. The number of rotatable bonds is 4. The lowest BCUT2D eigenvalue weighted by Crippen LogP contribution is -2.10. The van der Waals surface area contributed by atoms with Gasteiger partial charge >= 0.3 is 11.9 Å². The van der Waals surface area contributed by atoms with Crippen molar-refractivity contribution in [2.75, 3.05) is 13.7 Å². The van der Waals surface area contributed by atoms with Gasteiger partial charge in [-0.1, -0.05) is 11.6 Å². The second-order valence-corrected chi connectivity index (χ2v) is 3.23. The number of carboxylic acids is 1. The minimum absolute atomic E-state index is 0.157. The van der Waals surface area contributed by atoms with E-state index in [1.807, 2.05) is 0 Å². The zero-order chi connectivity index (χ0) is 12.1. The van der Waals surface area contributed by atoms with Crippen molar-refractivity contribution in [1.82, 2.24) is 0 Å². The van der Waals surface area contributed by atoms with E-state index in [9.17, 15) is 9.59 Å². The Balaban J connectivity index is 2.83. The summed E-state index contributed by atoms with van der Waals surface area (Å²) < 4.78 is 9.38. The molecule has 86 valence electrons. The van der Waals surface area contributed by atoms with Crippen LogP contribution in [-0.4, -0.2) is 30.8 Å². The SMILES string of the molecule is COC(=O)c1ccc(OCC(=O)O)c(Cl)c1. The Morgan fingerprint density at radius 1 is 1.44 bits per heavy atom. The fraction of sp³-hybridized carbons (Fsp3) is 0.200. The molecule has 0 bridgehead atoms. The Morgan fingerprint density at radius 3 is 2.62 bits per heavy atom. The number of hydrogen-bond acceptors (Lipinski definition) is 4. The maximum atomic E-state index is 11.1. The van der Waals surface area contributed by atoms with Crippen LogP contribution in [0.1, 0.15) is 10.4 Å². The van der Waals surface area contributed by atoms with Gasteiger partial charge in [-0.3, -0.25) is 0 Å². The quantitative estimate of drug-likeness (QED) is 0.815. The molecule has 0 saturated carbocycles. The van der Waals surface area contributed by atoms with Gasteiger partial charge in [0.2, 0.25) is 0 Å². The van der Waals surface area contributed by atoms with Gasteiger partial charge in [0.25, 0.3) is 0 Å². The molecule has 0 aromatic heterocycles. The highest BCUT2D eigenvalue weighted by Gasteiger charge is 2.10. The van der Waals surface area contributed by atoms with E-state index in [1.54, 1.807) is 0 Å². The highest BCUT2D eigenvalue weighted by molar-refractivity contribution is 6.32. The molecule has 16 heavy (non-hydrogen) atoms.